The summed E-state index contributed by atoms with van der Waals surface area (Å²) in [4.78, 5) is 17.7. The number of rotatable bonds is 4. The molecular formula is C18H28N4OS. The van der Waals surface area contributed by atoms with Crippen molar-refractivity contribution in [2.75, 3.05) is 31.1 Å². The zero-order valence-corrected chi connectivity index (χ0v) is 15.6. The number of hydrogen-bond acceptors (Lipinski definition) is 5. The summed E-state index contributed by atoms with van der Waals surface area (Å²) in [5.74, 6) is 1.59. The van der Waals surface area contributed by atoms with Crippen LogP contribution in [0.15, 0.2) is 0 Å². The zero-order chi connectivity index (χ0) is 16.7. The van der Waals surface area contributed by atoms with Crippen LogP contribution in [-0.4, -0.2) is 47.2 Å². The average Bonchev–Trinajstić information content (AvgIpc) is 3.15. The molecule has 1 aromatic heterocycles. The third kappa shape index (κ3) is 2.83. The lowest BCUT2D eigenvalue weighted by Crippen LogP contribution is -2.51. The average molecular weight is 349 g/mol. The molecule has 4 rings (SSSR count). The summed E-state index contributed by atoms with van der Waals surface area (Å²) in [6.07, 6.45) is 7.14. The molecule has 1 spiro atoms. The molecule has 0 radical (unpaired) electrons. The van der Waals surface area contributed by atoms with Gasteiger partial charge in [0.1, 0.15) is 5.01 Å². The Bertz CT molecular complexity index is 612. The molecular weight excluding hydrogens is 320 g/mol. The minimum atomic E-state index is -0.161. The summed E-state index contributed by atoms with van der Waals surface area (Å²) in [6.45, 7) is 8.04. The highest BCUT2D eigenvalue weighted by molar-refractivity contribution is 7.15. The van der Waals surface area contributed by atoms with Crippen LogP contribution >= 0.6 is 11.3 Å². The number of carbonyl (C=O) groups is 1. The topological polar surface area (TPSA) is 49.3 Å². The summed E-state index contributed by atoms with van der Waals surface area (Å²) in [6, 6.07) is 0. The van der Waals surface area contributed by atoms with Gasteiger partial charge < -0.3 is 9.80 Å². The number of nitrogens with zero attached hydrogens (tertiary/aromatic N) is 4. The maximum atomic E-state index is 13.2. The molecule has 3 fully saturated rings. The Hall–Kier alpha value is -1.17. The Morgan fingerprint density at radius 3 is 2.71 bits per heavy atom. The number of aromatic nitrogens is 2. The van der Waals surface area contributed by atoms with Crippen molar-refractivity contribution in [2.45, 2.75) is 58.3 Å². The molecule has 132 valence electrons. The molecule has 0 N–H and O–H groups in total. The molecule has 0 aromatic carbocycles. The molecule has 1 atom stereocenters. The van der Waals surface area contributed by atoms with Crippen molar-refractivity contribution >= 4 is 22.4 Å². The Morgan fingerprint density at radius 2 is 2.04 bits per heavy atom. The molecule has 3 heterocycles. The van der Waals surface area contributed by atoms with Gasteiger partial charge in [0.25, 0.3) is 0 Å². The van der Waals surface area contributed by atoms with Gasteiger partial charge >= 0.3 is 0 Å². The molecule has 3 aliphatic rings. The van der Waals surface area contributed by atoms with E-state index in [1.165, 1.54) is 19.3 Å². The first kappa shape index (κ1) is 16.3. The monoisotopic (exact) mass is 348 g/mol. The number of likely N-dealkylation sites (tertiary alicyclic amines) is 1. The Kier molecular flexibility index (Phi) is 4.27. The van der Waals surface area contributed by atoms with Gasteiger partial charge in [-0.15, -0.1) is 10.2 Å². The SMILES string of the molecule is CC(C)c1nnc(N2CC[C@]3(CCCN(CC4CCC4)C3=O)C2)s1. The van der Waals surface area contributed by atoms with E-state index in [4.69, 9.17) is 0 Å². The van der Waals surface area contributed by atoms with Crippen LogP contribution in [0.2, 0.25) is 0 Å². The Balaban J connectivity index is 1.45. The van der Waals surface area contributed by atoms with Crippen LogP contribution in [0.4, 0.5) is 5.13 Å². The molecule has 1 amide bonds. The second-order valence-electron chi connectivity index (χ2n) is 8.18. The van der Waals surface area contributed by atoms with Gasteiger partial charge in [-0.05, 0) is 38.0 Å². The predicted molar refractivity (Wildman–Crippen MR) is 96.4 cm³/mol. The van der Waals surface area contributed by atoms with Crippen molar-refractivity contribution in [3.05, 3.63) is 5.01 Å². The van der Waals surface area contributed by atoms with Crippen molar-refractivity contribution < 1.29 is 4.79 Å². The van der Waals surface area contributed by atoms with Crippen molar-refractivity contribution in [3.8, 4) is 0 Å². The van der Waals surface area contributed by atoms with Crippen LogP contribution in [0.1, 0.15) is 63.3 Å². The lowest BCUT2D eigenvalue weighted by Gasteiger charge is -2.42. The maximum absolute atomic E-state index is 13.2. The number of hydrogen-bond donors (Lipinski definition) is 0. The summed E-state index contributed by atoms with van der Waals surface area (Å²) >= 11 is 1.69. The Morgan fingerprint density at radius 1 is 1.21 bits per heavy atom. The van der Waals surface area contributed by atoms with Gasteiger partial charge in [0.05, 0.1) is 5.41 Å². The summed E-state index contributed by atoms with van der Waals surface area (Å²) in [7, 11) is 0. The van der Waals surface area contributed by atoms with Crippen molar-refractivity contribution in [3.63, 3.8) is 0 Å². The van der Waals surface area contributed by atoms with Gasteiger partial charge in [0.2, 0.25) is 11.0 Å². The third-order valence-corrected chi connectivity index (χ3v) is 7.36. The van der Waals surface area contributed by atoms with E-state index in [0.29, 0.717) is 11.8 Å². The van der Waals surface area contributed by atoms with E-state index < -0.39 is 0 Å². The highest BCUT2D eigenvalue weighted by Crippen LogP contribution is 2.43. The second kappa shape index (κ2) is 6.28. The zero-order valence-electron chi connectivity index (χ0n) is 14.8. The summed E-state index contributed by atoms with van der Waals surface area (Å²) in [5.41, 5.74) is -0.161. The molecule has 0 bridgehead atoms. The molecule has 24 heavy (non-hydrogen) atoms. The first-order valence-electron chi connectivity index (χ1n) is 9.45. The predicted octanol–water partition coefficient (Wildman–Crippen LogP) is 3.28. The Labute approximate surface area is 148 Å². The molecule has 0 unspecified atom stereocenters. The van der Waals surface area contributed by atoms with Gasteiger partial charge in [0.15, 0.2) is 0 Å². The van der Waals surface area contributed by atoms with Gasteiger partial charge in [0, 0.05) is 32.1 Å². The third-order valence-electron chi connectivity index (χ3n) is 6.08. The molecule has 2 saturated heterocycles. The summed E-state index contributed by atoms with van der Waals surface area (Å²) < 4.78 is 0. The minimum Gasteiger partial charge on any atom is -0.346 e. The van der Waals surface area contributed by atoms with Crippen molar-refractivity contribution in [2.24, 2.45) is 11.3 Å². The van der Waals surface area contributed by atoms with Crippen molar-refractivity contribution in [1.29, 1.82) is 0 Å². The molecule has 1 aromatic rings. The largest absolute Gasteiger partial charge is 0.346 e. The van der Waals surface area contributed by atoms with Gasteiger partial charge in [-0.3, -0.25) is 4.79 Å². The molecule has 2 aliphatic heterocycles. The molecule has 1 aliphatic carbocycles. The molecule has 1 saturated carbocycles. The van der Waals surface area contributed by atoms with Crippen LogP contribution in [-0.2, 0) is 4.79 Å². The van der Waals surface area contributed by atoms with Crippen LogP contribution in [0.25, 0.3) is 0 Å². The lowest BCUT2D eigenvalue weighted by molar-refractivity contribution is -0.146. The van der Waals surface area contributed by atoms with Crippen LogP contribution in [0.3, 0.4) is 0 Å². The van der Waals surface area contributed by atoms with E-state index in [-0.39, 0.29) is 5.41 Å². The van der Waals surface area contributed by atoms with Gasteiger partial charge in [-0.1, -0.05) is 31.6 Å². The first-order valence-corrected chi connectivity index (χ1v) is 10.3. The first-order chi connectivity index (χ1) is 11.6. The van der Waals surface area contributed by atoms with E-state index in [0.717, 1.165) is 61.5 Å². The number of amides is 1. The highest BCUT2D eigenvalue weighted by Gasteiger charge is 2.49. The highest BCUT2D eigenvalue weighted by atomic mass is 32.1. The van der Waals surface area contributed by atoms with E-state index in [2.05, 4.69) is 33.8 Å². The standard InChI is InChI=1S/C18H28N4OS/c1-13(2)15-19-20-17(24-15)22-10-8-18(12-22)7-4-9-21(16(18)23)11-14-5-3-6-14/h13-14H,3-12H2,1-2H3/t18-/m1/s1. The quantitative estimate of drug-likeness (QED) is 0.838. The smallest absolute Gasteiger partial charge is 0.230 e. The van der Waals surface area contributed by atoms with Gasteiger partial charge in [-0.25, -0.2) is 0 Å². The van der Waals surface area contributed by atoms with Crippen LogP contribution < -0.4 is 4.90 Å². The van der Waals surface area contributed by atoms with Crippen molar-refractivity contribution in [1.82, 2.24) is 15.1 Å². The van der Waals surface area contributed by atoms with Crippen LogP contribution in [0.5, 0.6) is 0 Å². The van der Waals surface area contributed by atoms with E-state index in [1.54, 1.807) is 11.3 Å². The van der Waals surface area contributed by atoms with E-state index in [1.807, 2.05) is 0 Å². The molecule has 5 nitrogen and oxygen atoms in total. The molecule has 6 heteroatoms. The van der Waals surface area contributed by atoms with E-state index >= 15 is 0 Å². The fraction of sp³-hybridized carbons (Fsp3) is 0.833. The number of carbonyl (C=O) groups excluding carboxylic acids is 1. The normalized spacial score (nSPS) is 28.2. The van der Waals surface area contributed by atoms with E-state index in [9.17, 15) is 4.79 Å². The fourth-order valence-corrected chi connectivity index (χ4v) is 5.19. The number of anilines is 1. The fourth-order valence-electron chi connectivity index (χ4n) is 4.32. The second-order valence-corrected chi connectivity index (χ2v) is 9.17. The summed E-state index contributed by atoms with van der Waals surface area (Å²) in [5, 5.41) is 10.8. The lowest BCUT2D eigenvalue weighted by atomic mass is 9.77. The van der Waals surface area contributed by atoms with Gasteiger partial charge in [-0.2, -0.15) is 0 Å². The maximum Gasteiger partial charge on any atom is 0.230 e. The van der Waals surface area contributed by atoms with Crippen LogP contribution in [0, 0.1) is 11.3 Å². The number of piperidine rings is 1. The minimum absolute atomic E-state index is 0.161.